The molecule has 0 radical (unpaired) electrons. The first-order chi connectivity index (χ1) is 14.3. The molecule has 2 amide bonds. The number of benzene rings is 2. The summed E-state index contributed by atoms with van der Waals surface area (Å²) in [6.45, 7) is 0. The summed E-state index contributed by atoms with van der Waals surface area (Å²) in [5, 5.41) is 15.0. The number of carbonyl (C=O) groups is 2. The molecule has 0 fully saturated rings. The third-order valence-electron chi connectivity index (χ3n) is 3.91. The second-order valence-electron chi connectivity index (χ2n) is 6.16. The largest absolute Gasteiger partial charge is 0.326 e. The quantitative estimate of drug-likeness (QED) is 0.430. The average Bonchev–Trinajstić information content (AvgIpc) is 3.04. The maximum absolute atomic E-state index is 12.3. The van der Waals surface area contributed by atoms with Crippen LogP contribution in [0.1, 0.15) is 5.82 Å². The maximum atomic E-state index is 12.3. The fourth-order valence-corrected chi connectivity index (χ4v) is 3.70. The standard InChI is InChI=1S/C19H16BrCl2N5O2S/c1-27-16(9-17(28)24-13-6-7-14(21)15(22)8-13)25-26-19(27)30-10-18(29)23-12-4-2-11(20)3-5-12/h2-8H,9-10H2,1H3,(H,23,29)(H,24,28). The molecule has 156 valence electrons. The number of carbonyl (C=O) groups excluding carboxylic acids is 2. The van der Waals surface area contributed by atoms with Crippen molar-refractivity contribution in [2.45, 2.75) is 11.6 Å². The molecule has 7 nitrogen and oxygen atoms in total. The highest BCUT2D eigenvalue weighted by Crippen LogP contribution is 2.25. The van der Waals surface area contributed by atoms with Gasteiger partial charge in [-0.15, -0.1) is 10.2 Å². The average molecular weight is 529 g/mol. The molecule has 0 atom stereocenters. The van der Waals surface area contributed by atoms with Gasteiger partial charge in [0.15, 0.2) is 5.16 Å². The van der Waals surface area contributed by atoms with Gasteiger partial charge in [0, 0.05) is 22.9 Å². The van der Waals surface area contributed by atoms with Gasteiger partial charge in [0.05, 0.1) is 22.2 Å². The summed E-state index contributed by atoms with van der Waals surface area (Å²) >= 11 is 16.4. The summed E-state index contributed by atoms with van der Waals surface area (Å²) in [7, 11) is 1.75. The highest BCUT2D eigenvalue weighted by Gasteiger charge is 2.15. The summed E-state index contributed by atoms with van der Waals surface area (Å²) in [5.74, 6) is 0.207. The summed E-state index contributed by atoms with van der Waals surface area (Å²) < 4.78 is 2.62. The van der Waals surface area contributed by atoms with E-state index in [0.717, 1.165) is 4.47 Å². The van der Waals surface area contributed by atoms with Crippen molar-refractivity contribution in [3.63, 3.8) is 0 Å². The topological polar surface area (TPSA) is 88.9 Å². The normalized spacial score (nSPS) is 10.7. The van der Waals surface area contributed by atoms with E-state index in [1.54, 1.807) is 41.9 Å². The molecule has 3 rings (SSSR count). The lowest BCUT2D eigenvalue weighted by Crippen LogP contribution is -2.17. The van der Waals surface area contributed by atoms with Crippen molar-refractivity contribution in [2.75, 3.05) is 16.4 Å². The van der Waals surface area contributed by atoms with Crippen LogP contribution in [-0.2, 0) is 23.1 Å². The van der Waals surface area contributed by atoms with Crippen LogP contribution in [0.4, 0.5) is 11.4 Å². The summed E-state index contributed by atoms with van der Waals surface area (Å²) in [4.78, 5) is 24.4. The van der Waals surface area contributed by atoms with Gasteiger partial charge in [0.25, 0.3) is 0 Å². The van der Waals surface area contributed by atoms with E-state index in [1.807, 2.05) is 12.1 Å². The molecular formula is C19H16BrCl2N5O2S. The van der Waals surface area contributed by atoms with Crippen molar-refractivity contribution < 1.29 is 9.59 Å². The van der Waals surface area contributed by atoms with Gasteiger partial charge in [-0.05, 0) is 42.5 Å². The smallest absolute Gasteiger partial charge is 0.234 e. The molecule has 0 aliphatic heterocycles. The number of halogens is 3. The van der Waals surface area contributed by atoms with Crippen LogP contribution in [0.25, 0.3) is 0 Å². The first kappa shape index (κ1) is 22.6. The van der Waals surface area contributed by atoms with E-state index in [0.29, 0.717) is 32.4 Å². The Morgan fingerprint density at radius 3 is 2.37 bits per heavy atom. The number of rotatable bonds is 7. The predicted molar refractivity (Wildman–Crippen MR) is 123 cm³/mol. The second kappa shape index (κ2) is 10.3. The molecule has 1 heterocycles. The lowest BCUT2D eigenvalue weighted by Gasteiger charge is -2.07. The van der Waals surface area contributed by atoms with E-state index >= 15 is 0 Å². The number of hydrogen-bond donors (Lipinski definition) is 2. The monoisotopic (exact) mass is 527 g/mol. The molecule has 2 aromatic carbocycles. The SMILES string of the molecule is Cn1c(CC(=O)Nc2ccc(Cl)c(Cl)c2)nnc1SCC(=O)Nc1ccc(Br)cc1. The molecule has 11 heteroatoms. The molecular weight excluding hydrogens is 513 g/mol. The van der Waals surface area contributed by atoms with E-state index in [4.69, 9.17) is 23.2 Å². The second-order valence-corrected chi connectivity index (χ2v) is 8.83. The molecule has 30 heavy (non-hydrogen) atoms. The lowest BCUT2D eigenvalue weighted by atomic mass is 10.3. The van der Waals surface area contributed by atoms with Crippen LogP contribution in [0.5, 0.6) is 0 Å². The Kier molecular flexibility index (Phi) is 7.76. The van der Waals surface area contributed by atoms with Crippen LogP contribution >= 0.6 is 50.9 Å². The molecule has 0 spiro atoms. The van der Waals surface area contributed by atoms with Gasteiger partial charge in [-0.2, -0.15) is 0 Å². The molecule has 0 aliphatic rings. The lowest BCUT2D eigenvalue weighted by molar-refractivity contribution is -0.116. The molecule has 2 N–H and O–H groups in total. The van der Waals surface area contributed by atoms with Gasteiger partial charge in [-0.1, -0.05) is 50.9 Å². The van der Waals surface area contributed by atoms with Crippen molar-refractivity contribution >= 4 is 74.1 Å². The summed E-state index contributed by atoms with van der Waals surface area (Å²) in [6, 6.07) is 12.1. The van der Waals surface area contributed by atoms with Gasteiger partial charge in [0.1, 0.15) is 5.82 Å². The zero-order valence-corrected chi connectivity index (χ0v) is 19.6. The highest BCUT2D eigenvalue weighted by atomic mass is 79.9. The molecule has 0 bridgehead atoms. The molecule has 3 aromatic rings. The predicted octanol–water partition coefficient (Wildman–Crippen LogP) is 4.80. The van der Waals surface area contributed by atoms with Crippen molar-refractivity contribution in [1.82, 2.24) is 14.8 Å². The van der Waals surface area contributed by atoms with Crippen LogP contribution in [0, 0.1) is 0 Å². The Morgan fingerprint density at radius 1 is 1.00 bits per heavy atom. The van der Waals surface area contributed by atoms with Crippen molar-refractivity contribution in [3.05, 3.63) is 62.8 Å². The number of amides is 2. The minimum atomic E-state index is -0.270. The van der Waals surface area contributed by atoms with Gasteiger partial charge in [-0.3, -0.25) is 9.59 Å². The zero-order valence-electron chi connectivity index (χ0n) is 15.7. The van der Waals surface area contributed by atoms with Gasteiger partial charge in [-0.25, -0.2) is 0 Å². The first-order valence-corrected chi connectivity index (χ1v) is 11.2. The van der Waals surface area contributed by atoms with E-state index in [9.17, 15) is 9.59 Å². The molecule has 0 unspecified atom stereocenters. The number of nitrogens with zero attached hydrogens (tertiary/aromatic N) is 3. The fraction of sp³-hybridized carbons (Fsp3) is 0.158. The Balaban J connectivity index is 1.53. The zero-order chi connectivity index (χ0) is 21.7. The van der Waals surface area contributed by atoms with Crippen molar-refractivity contribution in [1.29, 1.82) is 0 Å². The van der Waals surface area contributed by atoms with E-state index in [-0.39, 0.29) is 24.0 Å². The van der Waals surface area contributed by atoms with Crippen LogP contribution in [0.3, 0.4) is 0 Å². The fourth-order valence-electron chi connectivity index (χ4n) is 2.41. The minimum absolute atomic E-state index is 0.0232. The Hall–Kier alpha value is -2.07. The number of aromatic nitrogens is 3. The van der Waals surface area contributed by atoms with E-state index in [1.165, 1.54) is 11.8 Å². The third-order valence-corrected chi connectivity index (χ3v) is 6.20. The summed E-state index contributed by atoms with van der Waals surface area (Å²) in [6.07, 6.45) is 0.0232. The third kappa shape index (κ3) is 6.21. The Labute approximate surface area is 195 Å². The highest BCUT2D eigenvalue weighted by molar-refractivity contribution is 9.10. The number of thioether (sulfide) groups is 1. The van der Waals surface area contributed by atoms with Gasteiger partial charge >= 0.3 is 0 Å². The van der Waals surface area contributed by atoms with Crippen LogP contribution < -0.4 is 10.6 Å². The first-order valence-electron chi connectivity index (χ1n) is 8.63. The van der Waals surface area contributed by atoms with Crippen LogP contribution in [-0.4, -0.2) is 32.3 Å². The Bertz CT molecular complexity index is 1080. The number of nitrogens with one attached hydrogen (secondary N) is 2. The van der Waals surface area contributed by atoms with Gasteiger partial charge in [0.2, 0.25) is 11.8 Å². The van der Waals surface area contributed by atoms with Crippen LogP contribution in [0.15, 0.2) is 52.1 Å². The van der Waals surface area contributed by atoms with Gasteiger partial charge < -0.3 is 15.2 Å². The van der Waals surface area contributed by atoms with Crippen molar-refractivity contribution in [2.24, 2.45) is 7.05 Å². The van der Waals surface area contributed by atoms with E-state index < -0.39 is 0 Å². The summed E-state index contributed by atoms with van der Waals surface area (Å²) in [5.41, 5.74) is 1.25. The molecule has 0 saturated carbocycles. The number of anilines is 2. The molecule has 0 saturated heterocycles. The maximum Gasteiger partial charge on any atom is 0.234 e. The number of hydrogen-bond acceptors (Lipinski definition) is 5. The molecule has 0 aliphatic carbocycles. The molecule has 1 aromatic heterocycles. The van der Waals surface area contributed by atoms with Crippen LogP contribution in [0.2, 0.25) is 10.0 Å². The van der Waals surface area contributed by atoms with E-state index in [2.05, 4.69) is 36.8 Å². The minimum Gasteiger partial charge on any atom is -0.326 e. The Morgan fingerprint density at radius 2 is 1.67 bits per heavy atom. The van der Waals surface area contributed by atoms with Crippen molar-refractivity contribution in [3.8, 4) is 0 Å².